The van der Waals surface area contributed by atoms with Gasteiger partial charge in [-0.25, -0.2) is 0 Å². The van der Waals surface area contributed by atoms with Crippen molar-refractivity contribution >= 4 is 11.6 Å². The highest BCUT2D eigenvalue weighted by Crippen LogP contribution is 2.15. The predicted octanol–water partition coefficient (Wildman–Crippen LogP) is 1.72. The number of hydrogen-bond donors (Lipinski definition) is 2. The van der Waals surface area contributed by atoms with Crippen molar-refractivity contribution in [3.8, 4) is 0 Å². The Kier molecular flexibility index (Phi) is 6.94. The van der Waals surface area contributed by atoms with Gasteiger partial charge in [0.05, 0.1) is 17.2 Å². The van der Waals surface area contributed by atoms with Crippen molar-refractivity contribution in [2.45, 2.75) is 32.7 Å². The molecule has 0 saturated heterocycles. The molecule has 1 aromatic rings. The van der Waals surface area contributed by atoms with Crippen molar-refractivity contribution in [3.63, 3.8) is 0 Å². The van der Waals surface area contributed by atoms with Crippen LogP contribution in [0.25, 0.3) is 0 Å². The zero-order valence-corrected chi connectivity index (χ0v) is 12.6. The largest absolute Gasteiger partial charge is 0.411 e. The fourth-order valence-electron chi connectivity index (χ4n) is 2.21. The molecule has 2 unspecified atom stereocenters. The topological polar surface area (TPSA) is 118 Å². The van der Waals surface area contributed by atoms with Crippen LogP contribution in [0.15, 0.2) is 29.7 Å². The molecule has 8 nitrogen and oxygen atoms in total. The number of oxime groups is 1. The van der Waals surface area contributed by atoms with Gasteiger partial charge in [0, 0.05) is 37.2 Å². The molecule has 1 rings (SSSR count). The molecule has 0 aliphatic carbocycles. The fourth-order valence-corrected chi connectivity index (χ4v) is 2.21. The van der Waals surface area contributed by atoms with E-state index in [1.54, 1.807) is 25.3 Å². The monoisotopic (exact) mass is 308 g/mol. The Morgan fingerprint density at radius 3 is 2.82 bits per heavy atom. The predicted molar refractivity (Wildman–Crippen MR) is 80.6 cm³/mol. The first-order chi connectivity index (χ1) is 10.5. The summed E-state index contributed by atoms with van der Waals surface area (Å²) in [5.74, 6) is -0.754. The third-order valence-corrected chi connectivity index (χ3v) is 3.50. The Bertz CT molecular complexity index is 533. The second-order valence-electron chi connectivity index (χ2n) is 4.88. The Morgan fingerprint density at radius 2 is 2.32 bits per heavy atom. The lowest BCUT2D eigenvalue weighted by atomic mass is 9.91. The fraction of sp³-hybridized carbons (Fsp3) is 0.500. The van der Waals surface area contributed by atoms with Gasteiger partial charge in [-0.2, -0.15) is 0 Å². The molecule has 0 aliphatic heterocycles. The molecule has 120 valence electrons. The van der Waals surface area contributed by atoms with E-state index >= 15 is 0 Å². The summed E-state index contributed by atoms with van der Waals surface area (Å²) in [6.45, 7) is 3.51. The molecule has 0 aromatic carbocycles. The van der Waals surface area contributed by atoms with Crippen LogP contribution >= 0.6 is 0 Å². The molecular formula is C14H20N4O4. The van der Waals surface area contributed by atoms with E-state index in [0.29, 0.717) is 17.7 Å². The van der Waals surface area contributed by atoms with Gasteiger partial charge >= 0.3 is 0 Å². The first-order valence-corrected chi connectivity index (χ1v) is 7.03. The van der Waals surface area contributed by atoms with Gasteiger partial charge in [0.15, 0.2) is 0 Å². The molecule has 0 saturated carbocycles. The van der Waals surface area contributed by atoms with Gasteiger partial charge in [0.1, 0.15) is 0 Å². The number of carbonyl (C=O) groups is 1. The quantitative estimate of drug-likeness (QED) is 0.328. The molecule has 1 aromatic heterocycles. The van der Waals surface area contributed by atoms with Gasteiger partial charge in [-0.1, -0.05) is 12.1 Å². The van der Waals surface area contributed by atoms with E-state index in [1.807, 2.05) is 0 Å². The number of rotatable bonds is 8. The third kappa shape index (κ3) is 4.80. The van der Waals surface area contributed by atoms with Gasteiger partial charge in [-0.05, 0) is 18.6 Å². The van der Waals surface area contributed by atoms with E-state index < -0.39 is 16.9 Å². The molecular weight excluding hydrogens is 288 g/mol. The number of hydrogen-bond acceptors (Lipinski definition) is 6. The Hall–Kier alpha value is -2.51. The molecule has 1 amide bonds. The van der Waals surface area contributed by atoms with E-state index in [9.17, 15) is 14.9 Å². The lowest BCUT2D eigenvalue weighted by Gasteiger charge is -2.17. The summed E-state index contributed by atoms with van der Waals surface area (Å²) in [5, 5.41) is 25.8. The number of amides is 1. The molecule has 8 heteroatoms. The molecule has 2 atom stereocenters. The van der Waals surface area contributed by atoms with E-state index in [1.165, 1.54) is 13.1 Å². The second-order valence-corrected chi connectivity index (χ2v) is 4.88. The van der Waals surface area contributed by atoms with Crippen LogP contribution in [0.5, 0.6) is 0 Å². The number of nitrogens with zero attached hydrogens (tertiary/aromatic N) is 3. The van der Waals surface area contributed by atoms with Gasteiger partial charge in [0.25, 0.3) is 5.91 Å². The summed E-state index contributed by atoms with van der Waals surface area (Å²) >= 11 is 0. The maximum Gasteiger partial charge on any atom is 0.252 e. The number of pyridine rings is 1. The number of aromatic nitrogens is 1. The van der Waals surface area contributed by atoms with Crippen LogP contribution in [-0.4, -0.2) is 39.3 Å². The molecule has 0 fully saturated rings. The lowest BCUT2D eigenvalue weighted by molar-refractivity contribution is -0.524. The van der Waals surface area contributed by atoms with Crippen molar-refractivity contribution in [2.24, 2.45) is 11.1 Å². The summed E-state index contributed by atoms with van der Waals surface area (Å²) in [6, 6.07) is 2.44. The SMILES string of the molecule is CCC(/C(CCNC(=O)c1cccnc1)=N\O)C(C)[N+](=O)[O-]. The minimum Gasteiger partial charge on any atom is -0.411 e. The van der Waals surface area contributed by atoms with Crippen LogP contribution in [-0.2, 0) is 0 Å². The molecule has 0 aliphatic rings. The zero-order chi connectivity index (χ0) is 16.5. The van der Waals surface area contributed by atoms with E-state index in [-0.39, 0.29) is 18.9 Å². The Morgan fingerprint density at radius 1 is 1.59 bits per heavy atom. The summed E-state index contributed by atoms with van der Waals surface area (Å²) in [6.07, 6.45) is 3.75. The van der Waals surface area contributed by atoms with Crippen LogP contribution < -0.4 is 5.32 Å². The number of carbonyl (C=O) groups excluding carboxylic acids is 1. The van der Waals surface area contributed by atoms with Gasteiger partial charge in [-0.15, -0.1) is 0 Å². The van der Waals surface area contributed by atoms with Gasteiger partial charge in [0.2, 0.25) is 6.04 Å². The molecule has 22 heavy (non-hydrogen) atoms. The number of nitro groups is 1. The van der Waals surface area contributed by atoms with E-state index in [4.69, 9.17) is 5.21 Å². The molecule has 1 heterocycles. The summed E-state index contributed by atoms with van der Waals surface area (Å²) < 4.78 is 0. The highest BCUT2D eigenvalue weighted by atomic mass is 16.6. The average Bonchev–Trinajstić information content (AvgIpc) is 2.54. The van der Waals surface area contributed by atoms with E-state index in [2.05, 4.69) is 15.5 Å². The molecule has 0 spiro atoms. The highest BCUT2D eigenvalue weighted by Gasteiger charge is 2.29. The van der Waals surface area contributed by atoms with Crippen LogP contribution in [0, 0.1) is 16.0 Å². The first-order valence-electron chi connectivity index (χ1n) is 7.03. The van der Waals surface area contributed by atoms with Crippen molar-refractivity contribution in [1.29, 1.82) is 0 Å². The maximum atomic E-state index is 11.8. The summed E-state index contributed by atoms with van der Waals surface area (Å²) in [5.41, 5.74) is 0.744. The van der Waals surface area contributed by atoms with Crippen molar-refractivity contribution < 1.29 is 14.9 Å². The van der Waals surface area contributed by atoms with Crippen molar-refractivity contribution in [1.82, 2.24) is 10.3 Å². The van der Waals surface area contributed by atoms with Crippen molar-refractivity contribution in [2.75, 3.05) is 6.54 Å². The van der Waals surface area contributed by atoms with Crippen LogP contribution in [0.3, 0.4) is 0 Å². The Balaban J connectivity index is 2.57. The zero-order valence-electron chi connectivity index (χ0n) is 12.6. The van der Waals surface area contributed by atoms with Gasteiger partial charge < -0.3 is 10.5 Å². The van der Waals surface area contributed by atoms with Crippen LogP contribution in [0.2, 0.25) is 0 Å². The van der Waals surface area contributed by atoms with Crippen molar-refractivity contribution in [3.05, 3.63) is 40.2 Å². The standard InChI is InChI=1S/C14H20N4O4/c1-3-12(10(2)18(21)22)13(17-20)6-8-16-14(19)11-5-4-7-15-9-11/h4-5,7,9-10,12,20H,3,6,8H2,1-2H3,(H,16,19)/b17-13-. The first kappa shape index (κ1) is 17.5. The second kappa shape index (κ2) is 8.71. The molecule has 0 radical (unpaired) electrons. The van der Waals surface area contributed by atoms with Crippen LogP contribution in [0.1, 0.15) is 37.0 Å². The maximum absolute atomic E-state index is 11.8. The normalized spacial score (nSPS) is 14.2. The highest BCUT2D eigenvalue weighted by molar-refractivity contribution is 5.94. The summed E-state index contributed by atoms with van der Waals surface area (Å²) in [4.78, 5) is 26.2. The third-order valence-electron chi connectivity index (χ3n) is 3.50. The molecule has 2 N–H and O–H groups in total. The minimum atomic E-state index is -0.843. The smallest absolute Gasteiger partial charge is 0.252 e. The minimum absolute atomic E-state index is 0.230. The average molecular weight is 308 g/mol. The van der Waals surface area contributed by atoms with Gasteiger partial charge in [-0.3, -0.25) is 19.9 Å². The lowest BCUT2D eigenvalue weighted by Crippen LogP contribution is -2.34. The Labute approximate surface area is 128 Å². The van der Waals surface area contributed by atoms with E-state index in [0.717, 1.165) is 0 Å². The summed E-state index contributed by atoms with van der Waals surface area (Å²) in [7, 11) is 0. The number of nitrogens with one attached hydrogen (secondary N) is 1. The molecule has 0 bridgehead atoms. The van der Waals surface area contributed by atoms with Crippen LogP contribution in [0.4, 0.5) is 0 Å².